The molecule has 0 amide bonds. The zero-order chi connectivity index (χ0) is 11.5. The number of nitrogens with two attached hydrogens (primary N) is 1. The maximum Gasteiger partial charge on any atom is 0.333 e. The van der Waals surface area contributed by atoms with Gasteiger partial charge in [-0.25, -0.2) is 5.14 Å². The van der Waals surface area contributed by atoms with Crippen molar-refractivity contribution < 1.29 is 17.3 Å². The molecule has 0 aromatic heterocycles. The van der Waals surface area contributed by atoms with E-state index < -0.39 is 10.3 Å². The molecule has 2 N–H and O–H groups in total. The van der Waals surface area contributed by atoms with E-state index in [-0.39, 0.29) is 6.61 Å². The molecule has 0 saturated carbocycles. The van der Waals surface area contributed by atoms with Crippen molar-refractivity contribution in [2.45, 2.75) is 6.61 Å². The van der Waals surface area contributed by atoms with Gasteiger partial charge in [0.05, 0.1) is 13.7 Å². The molecule has 1 aromatic carbocycles. The van der Waals surface area contributed by atoms with Crippen LogP contribution in [-0.4, -0.2) is 15.5 Å². The van der Waals surface area contributed by atoms with Crippen molar-refractivity contribution in [2.24, 2.45) is 5.14 Å². The Bertz CT molecular complexity index is 446. The van der Waals surface area contributed by atoms with Gasteiger partial charge < -0.3 is 4.74 Å². The van der Waals surface area contributed by atoms with E-state index in [1.807, 2.05) is 0 Å². The van der Waals surface area contributed by atoms with Gasteiger partial charge in [-0.15, -0.1) is 0 Å². The highest BCUT2D eigenvalue weighted by Gasteiger charge is 2.11. The molecule has 84 valence electrons. The zero-order valence-corrected chi connectivity index (χ0v) is 9.51. The van der Waals surface area contributed by atoms with E-state index in [1.54, 1.807) is 18.2 Å². The first kappa shape index (κ1) is 12.3. The normalized spacial score (nSPS) is 11.4. The second-order valence-corrected chi connectivity index (χ2v) is 4.30. The maximum atomic E-state index is 10.6. The summed E-state index contributed by atoms with van der Waals surface area (Å²) < 4.78 is 30.6. The van der Waals surface area contributed by atoms with Crippen molar-refractivity contribution in [1.29, 1.82) is 0 Å². The predicted octanol–water partition coefficient (Wildman–Crippen LogP) is 1.07. The van der Waals surface area contributed by atoms with Gasteiger partial charge in [-0.2, -0.15) is 8.42 Å². The van der Waals surface area contributed by atoms with Gasteiger partial charge in [-0.3, -0.25) is 4.18 Å². The molecular formula is C8H10ClNO4S. The average molecular weight is 252 g/mol. The molecule has 0 bridgehead atoms. The maximum absolute atomic E-state index is 10.6. The Hall–Kier alpha value is -0.820. The Morgan fingerprint density at radius 1 is 1.47 bits per heavy atom. The molecule has 1 aromatic rings. The fourth-order valence-electron chi connectivity index (χ4n) is 1.01. The van der Waals surface area contributed by atoms with Crippen LogP contribution in [-0.2, 0) is 21.1 Å². The molecule has 0 radical (unpaired) electrons. The van der Waals surface area contributed by atoms with Crippen LogP contribution in [0.25, 0.3) is 0 Å². The molecule has 7 heteroatoms. The van der Waals surface area contributed by atoms with E-state index in [4.69, 9.17) is 21.5 Å². The number of methoxy groups -OCH3 is 1. The minimum absolute atomic E-state index is 0.248. The Labute approximate surface area is 93.0 Å². The fourth-order valence-corrected chi connectivity index (χ4v) is 1.51. The summed E-state index contributed by atoms with van der Waals surface area (Å²) in [4.78, 5) is 0. The number of ether oxygens (including phenoxy) is 1. The van der Waals surface area contributed by atoms with Crippen LogP contribution in [0.2, 0.25) is 5.02 Å². The van der Waals surface area contributed by atoms with Gasteiger partial charge in [-0.1, -0.05) is 17.7 Å². The summed E-state index contributed by atoms with van der Waals surface area (Å²) in [5.74, 6) is 0.450. The van der Waals surface area contributed by atoms with E-state index >= 15 is 0 Å². The smallest absolute Gasteiger partial charge is 0.333 e. The van der Waals surface area contributed by atoms with Gasteiger partial charge in [0.25, 0.3) is 0 Å². The van der Waals surface area contributed by atoms with Gasteiger partial charge >= 0.3 is 10.3 Å². The number of hydrogen-bond donors (Lipinski definition) is 1. The summed E-state index contributed by atoms with van der Waals surface area (Å²) in [6.45, 7) is -0.248. The predicted molar refractivity (Wildman–Crippen MR) is 55.9 cm³/mol. The van der Waals surface area contributed by atoms with Crippen LogP contribution in [0.4, 0.5) is 0 Å². The summed E-state index contributed by atoms with van der Waals surface area (Å²) in [5.41, 5.74) is 0.440. The quantitative estimate of drug-likeness (QED) is 0.868. The lowest BCUT2D eigenvalue weighted by Gasteiger charge is -2.09. The summed E-state index contributed by atoms with van der Waals surface area (Å²) in [6.07, 6.45) is 0. The molecule has 0 aliphatic heterocycles. The molecule has 1 rings (SSSR count). The largest absolute Gasteiger partial charge is 0.496 e. The minimum atomic E-state index is -3.98. The lowest BCUT2D eigenvalue weighted by molar-refractivity contribution is 0.300. The lowest BCUT2D eigenvalue weighted by Crippen LogP contribution is -2.15. The van der Waals surface area contributed by atoms with Crippen LogP contribution < -0.4 is 9.88 Å². The van der Waals surface area contributed by atoms with E-state index in [9.17, 15) is 8.42 Å². The summed E-state index contributed by atoms with van der Waals surface area (Å²) >= 11 is 5.84. The highest BCUT2D eigenvalue weighted by atomic mass is 35.5. The van der Waals surface area contributed by atoms with Crippen molar-refractivity contribution in [3.63, 3.8) is 0 Å². The first-order valence-corrected chi connectivity index (χ1v) is 5.77. The molecule has 5 nitrogen and oxygen atoms in total. The standard InChI is InChI=1S/C8H10ClNO4S/c1-13-8-4-2-3-7(9)6(8)5-14-15(10,11)12/h2-4H,5H2,1H3,(H2,10,11,12). The highest BCUT2D eigenvalue weighted by Crippen LogP contribution is 2.26. The second-order valence-electron chi connectivity index (χ2n) is 2.68. The third kappa shape index (κ3) is 3.67. The van der Waals surface area contributed by atoms with Crippen LogP contribution in [0.15, 0.2) is 18.2 Å². The van der Waals surface area contributed by atoms with E-state index in [2.05, 4.69) is 4.18 Å². The minimum Gasteiger partial charge on any atom is -0.496 e. The van der Waals surface area contributed by atoms with Crippen LogP contribution in [0.3, 0.4) is 0 Å². The van der Waals surface area contributed by atoms with E-state index in [0.29, 0.717) is 16.3 Å². The van der Waals surface area contributed by atoms with Crippen molar-refractivity contribution >= 4 is 21.9 Å². The average Bonchev–Trinajstić information content (AvgIpc) is 2.14. The number of benzene rings is 1. The second kappa shape index (κ2) is 4.80. The SMILES string of the molecule is COc1cccc(Cl)c1COS(N)(=O)=O. The molecule has 0 aliphatic carbocycles. The van der Waals surface area contributed by atoms with Gasteiger partial charge in [0.1, 0.15) is 5.75 Å². The molecule has 0 fully saturated rings. The Morgan fingerprint density at radius 3 is 2.67 bits per heavy atom. The molecule has 0 aliphatic rings. The monoisotopic (exact) mass is 251 g/mol. The third-order valence-electron chi connectivity index (χ3n) is 1.66. The molecular weight excluding hydrogens is 242 g/mol. The summed E-state index contributed by atoms with van der Waals surface area (Å²) in [6, 6.07) is 4.93. The summed E-state index contributed by atoms with van der Waals surface area (Å²) in [7, 11) is -2.53. The fraction of sp³-hybridized carbons (Fsp3) is 0.250. The zero-order valence-electron chi connectivity index (χ0n) is 7.94. The van der Waals surface area contributed by atoms with E-state index in [1.165, 1.54) is 7.11 Å². The van der Waals surface area contributed by atoms with Gasteiger partial charge in [-0.05, 0) is 12.1 Å². The Kier molecular flexibility index (Phi) is 3.92. The topological polar surface area (TPSA) is 78.6 Å². The number of rotatable bonds is 4. The van der Waals surface area contributed by atoms with Crippen molar-refractivity contribution in [1.82, 2.24) is 0 Å². The van der Waals surface area contributed by atoms with Crippen LogP contribution in [0, 0.1) is 0 Å². The van der Waals surface area contributed by atoms with Crippen LogP contribution in [0.5, 0.6) is 5.75 Å². The number of hydrogen-bond acceptors (Lipinski definition) is 4. The molecule has 0 unspecified atom stereocenters. The Morgan fingerprint density at radius 2 is 2.13 bits per heavy atom. The first-order chi connectivity index (χ1) is 6.94. The third-order valence-corrected chi connectivity index (χ3v) is 2.46. The molecule has 0 atom stereocenters. The highest BCUT2D eigenvalue weighted by molar-refractivity contribution is 7.84. The van der Waals surface area contributed by atoms with Crippen LogP contribution >= 0.6 is 11.6 Å². The number of halogens is 1. The lowest BCUT2D eigenvalue weighted by atomic mass is 10.2. The first-order valence-electron chi connectivity index (χ1n) is 3.92. The van der Waals surface area contributed by atoms with E-state index in [0.717, 1.165) is 0 Å². The van der Waals surface area contributed by atoms with Crippen molar-refractivity contribution in [3.05, 3.63) is 28.8 Å². The molecule has 15 heavy (non-hydrogen) atoms. The molecule has 0 spiro atoms. The van der Waals surface area contributed by atoms with Crippen molar-refractivity contribution in [3.8, 4) is 5.75 Å². The Balaban J connectivity index is 2.93. The van der Waals surface area contributed by atoms with Crippen molar-refractivity contribution in [2.75, 3.05) is 7.11 Å². The molecule has 0 saturated heterocycles. The summed E-state index contributed by atoms with van der Waals surface area (Å²) in [5, 5.41) is 5.05. The van der Waals surface area contributed by atoms with Gasteiger partial charge in [0.2, 0.25) is 0 Å². The van der Waals surface area contributed by atoms with Crippen LogP contribution in [0.1, 0.15) is 5.56 Å². The van der Waals surface area contributed by atoms with Gasteiger partial charge in [0, 0.05) is 10.6 Å². The van der Waals surface area contributed by atoms with Gasteiger partial charge in [0.15, 0.2) is 0 Å². The molecule has 0 heterocycles.